The van der Waals surface area contributed by atoms with E-state index < -0.39 is 0 Å². The largest absolute Gasteiger partial charge is 0.350 e. The van der Waals surface area contributed by atoms with Crippen LogP contribution in [-0.2, 0) is 0 Å². The van der Waals surface area contributed by atoms with E-state index in [2.05, 4.69) is 32.0 Å². The average molecular weight is 343 g/mol. The summed E-state index contributed by atoms with van der Waals surface area (Å²) >= 11 is 3.27. The second kappa shape index (κ2) is 6.39. The summed E-state index contributed by atoms with van der Waals surface area (Å²) in [6.45, 7) is 2.88. The first-order valence-corrected chi connectivity index (χ1v) is 9.51. The topological polar surface area (TPSA) is 45.2 Å². The van der Waals surface area contributed by atoms with E-state index in [9.17, 15) is 4.79 Å². The minimum atomic E-state index is -0.0129. The van der Waals surface area contributed by atoms with Gasteiger partial charge in [0.2, 0.25) is 0 Å². The van der Waals surface area contributed by atoms with Crippen LogP contribution in [0.5, 0.6) is 0 Å². The van der Waals surface area contributed by atoms with E-state index in [4.69, 9.17) is 0 Å². The van der Waals surface area contributed by atoms with Crippen LogP contribution < -0.4 is 5.32 Å². The maximum absolute atomic E-state index is 12.5. The highest BCUT2D eigenvalue weighted by molar-refractivity contribution is 7.16. The normalized spacial score (nSPS) is 16.2. The Kier molecular flexibility index (Phi) is 4.11. The first kappa shape index (κ1) is 14.8. The Morgan fingerprint density at radius 3 is 3.00 bits per heavy atom. The lowest BCUT2D eigenvalue weighted by Gasteiger charge is -2.38. The van der Waals surface area contributed by atoms with Crippen LogP contribution in [0.3, 0.4) is 0 Å². The predicted octanol–water partition coefficient (Wildman–Crippen LogP) is 3.53. The van der Waals surface area contributed by atoms with E-state index in [0.717, 1.165) is 23.3 Å². The van der Waals surface area contributed by atoms with Crippen LogP contribution in [0, 0.1) is 0 Å². The molecule has 1 N–H and O–H groups in total. The monoisotopic (exact) mass is 343 g/mol. The van der Waals surface area contributed by atoms with Gasteiger partial charge in [0.15, 0.2) is 0 Å². The standard InChI is InChI=1S/C17H17N3OS2/c21-17(12-2-3-14-16(8-12)23-11-19-14)18-9-15(20-5-1-6-20)13-4-7-22-10-13/h2-4,7-8,10-11,15H,1,5-6,9H2,(H,18,21)/t15-/m1/s1. The molecule has 23 heavy (non-hydrogen) atoms. The molecule has 6 heteroatoms. The lowest BCUT2D eigenvalue weighted by atomic mass is 10.0. The minimum absolute atomic E-state index is 0.0129. The number of nitrogens with one attached hydrogen (secondary N) is 1. The summed E-state index contributed by atoms with van der Waals surface area (Å²) in [7, 11) is 0. The number of thiazole rings is 1. The van der Waals surface area contributed by atoms with Crippen molar-refractivity contribution in [3.63, 3.8) is 0 Å². The number of carbonyl (C=O) groups excluding carboxylic acids is 1. The quantitative estimate of drug-likeness (QED) is 0.771. The summed E-state index contributed by atoms with van der Waals surface area (Å²) in [5.41, 5.74) is 4.76. The third kappa shape index (κ3) is 3.02. The van der Waals surface area contributed by atoms with Gasteiger partial charge in [-0.2, -0.15) is 11.3 Å². The lowest BCUT2D eigenvalue weighted by Crippen LogP contribution is -2.45. The number of benzene rings is 1. The fraction of sp³-hybridized carbons (Fsp3) is 0.294. The molecule has 2 aromatic heterocycles. The first-order chi connectivity index (χ1) is 11.3. The van der Waals surface area contributed by atoms with Gasteiger partial charge in [-0.3, -0.25) is 9.69 Å². The molecule has 0 bridgehead atoms. The van der Waals surface area contributed by atoms with Gasteiger partial charge in [0.25, 0.3) is 5.91 Å². The number of amides is 1. The Morgan fingerprint density at radius 2 is 2.26 bits per heavy atom. The first-order valence-electron chi connectivity index (χ1n) is 7.69. The van der Waals surface area contributed by atoms with Crippen molar-refractivity contribution in [2.24, 2.45) is 0 Å². The number of fused-ring (bicyclic) bond motifs is 1. The molecular formula is C17H17N3OS2. The second-order valence-corrected chi connectivity index (χ2v) is 7.37. The molecule has 1 atom stereocenters. The number of likely N-dealkylation sites (tertiary alicyclic amines) is 1. The van der Waals surface area contributed by atoms with E-state index in [1.165, 1.54) is 12.0 Å². The van der Waals surface area contributed by atoms with Gasteiger partial charge in [-0.15, -0.1) is 11.3 Å². The molecule has 0 saturated carbocycles. The second-order valence-electron chi connectivity index (χ2n) is 5.71. The fourth-order valence-electron chi connectivity index (χ4n) is 2.86. The smallest absolute Gasteiger partial charge is 0.251 e. The van der Waals surface area contributed by atoms with E-state index in [-0.39, 0.29) is 11.9 Å². The number of hydrogen-bond donors (Lipinski definition) is 1. The molecule has 118 valence electrons. The van der Waals surface area contributed by atoms with Gasteiger partial charge in [0.05, 0.1) is 21.8 Å². The zero-order valence-corrected chi connectivity index (χ0v) is 14.2. The highest BCUT2D eigenvalue weighted by atomic mass is 32.1. The van der Waals surface area contributed by atoms with Gasteiger partial charge < -0.3 is 5.32 Å². The molecule has 4 nitrogen and oxygen atoms in total. The molecule has 1 aromatic carbocycles. The Morgan fingerprint density at radius 1 is 1.35 bits per heavy atom. The van der Waals surface area contributed by atoms with Gasteiger partial charge in [0.1, 0.15) is 0 Å². The Hall–Kier alpha value is -1.76. The van der Waals surface area contributed by atoms with Crippen LogP contribution in [0.25, 0.3) is 10.2 Å². The van der Waals surface area contributed by atoms with Crippen LogP contribution in [0.15, 0.2) is 40.5 Å². The van der Waals surface area contributed by atoms with Crippen molar-refractivity contribution in [1.29, 1.82) is 0 Å². The molecule has 0 spiro atoms. The molecule has 0 unspecified atom stereocenters. The number of aromatic nitrogens is 1. The molecule has 1 fully saturated rings. The third-order valence-corrected chi connectivity index (χ3v) is 5.80. The lowest BCUT2D eigenvalue weighted by molar-refractivity contribution is 0.0885. The Labute approximate surface area is 142 Å². The van der Waals surface area contributed by atoms with Gasteiger partial charge in [0, 0.05) is 25.2 Å². The van der Waals surface area contributed by atoms with Gasteiger partial charge >= 0.3 is 0 Å². The summed E-state index contributed by atoms with van der Waals surface area (Å²) in [5.74, 6) is -0.0129. The zero-order chi connectivity index (χ0) is 15.6. The van der Waals surface area contributed by atoms with Crippen LogP contribution in [0.4, 0.5) is 0 Å². The van der Waals surface area contributed by atoms with Crippen LogP contribution >= 0.6 is 22.7 Å². The number of carbonyl (C=O) groups is 1. The molecule has 3 aromatic rings. The fourth-order valence-corrected chi connectivity index (χ4v) is 4.29. The summed E-state index contributed by atoms with van der Waals surface area (Å²) in [6.07, 6.45) is 1.25. The van der Waals surface area contributed by atoms with Gasteiger partial charge in [-0.05, 0) is 47.0 Å². The van der Waals surface area contributed by atoms with Gasteiger partial charge in [-0.25, -0.2) is 4.98 Å². The molecule has 0 aliphatic carbocycles. The number of hydrogen-bond acceptors (Lipinski definition) is 5. The number of nitrogens with zero attached hydrogens (tertiary/aromatic N) is 2. The van der Waals surface area contributed by atoms with E-state index in [1.807, 2.05) is 23.7 Å². The minimum Gasteiger partial charge on any atom is -0.350 e. The average Bonchev–Trinajstić information content (AvgIpc) is 3.18. The molecule has 1 aliphatic heterocycles. The van der Waals surface area contributed by atoms with Gasteiger partial charge in [-0.1, -0.05) is 0 Å². The molecule has 1 aliphatic rings. The van der Waals surface area contributed by atoms with Crippen molar-refractivity contribution >= 4 is 38.8 Å². The summed E-state index contributed by atoms with van der Waals surface area (Å²) in [4.78, 5) is 19.1. The maximum atomic E-state index is 12.5. The number of thiophene rings is 1. The zero-order valence-electron chi connectivity index (χ0n) is 12.6. The SMILES string of the molecule is O=C(NC[C@H](c1ccsc1)N1CCC1)c1ccc2ncsc2c1. The van der Waals surface area contributed by atoms with E-state index in [1.54, 1.807) is 22.7 Å². The predicted molar refractivity (Wildman–Crippen MR) is 95.2 cm³/mol. The summed E-state index contributed by atoms with van der Waals surface area (Å²) in [6, 6.07) is 8.12. The molecule has 1 amide bonds. The maximum Gasteiger partial charge on any atom is 0.251 e. The number of rotatable bonds is 5. The Bertz CT molecular complexity index is 808. The van der Waals surface area contributed by atoms with Crippen molar-refractivity contribution in [2.45, 2.75) is 12.5 Å². The van der Waals surface area contributed by atoms with Crippen molar-refractivity contribution in [3.05, 3.63) is 51.7 Å². The molecular weight excluding hydrogens is 326 g/mol. The highest BCUT2D eigenvalue weighted by Gasteiger charge is 2.26. The molecule has 0 radical (unpaired) electrons. The van der Waals surface area contributed by atoms with Crippen LogP contribution in [0.1, 0.15) is 28.4 Å². The molecule has 4 rings (SSSR count). The van der Waals surface area contributed by atoms with Crippen molar-refractivity contribution in [3.8, 4) is 0 Å². The van der Waals surface area contributed by atoms with Crippen LogP contribution in [0.2, 0.25) is 0 Å². The highest BCUT2D eigenvalue weighted by Crippen LogP contribution is 2.27. The van der Waals surface area contributed by atoms with Crippen molar-refractivity contribution in [2.75, 3.05) is 19.6 Å². The van der Waals surface area contributed by atoms with Crippen LogP contribution in [-0.4, -0.2) is 35.4 Å². The van der Waals surface area contributed by atoms with E-state index >= 15 is 0 Å². The van der Waals surface area contributed by atoms with E-state index in [0.29, 0.717) is 12.1 Å². The summed E-state index contributed by atoms with van der Waals surface area (Å²) < 4.78 is 1.05. The summed E-state index contributed by atoms with van der Waals surface area (Å²) in [5, 5.41) is 7.38. The van der Waals surface area contributed by atoms with Crippen molar-refractivity contribution < 1.29 is 4.79 Å². The van der Waals surface area contributed by atoms with Crippen molar-refractivity contribution in [1.82, 2.24) is 15.2 Å². The Balaban J connectivity index is 1.46. The molecule has 1 saturated heterocycles. The third-order valence-electron chi connectivity index (χ3n) is 4.31. The molecule has 3 heterocycles.